The maximum Gasteiger partial charge on any atom is 0.266 e. The van der Waals surface area contributed by atoms with Gasteiger partial charge in [0.25, 0.3) is 11.5 Å². The summed E-state index contributed by atoms with van der Waals surface area (Å²) in [5.41, 5.74) is 3.10. The lowest BCUT2D eigenvalue weighted by Gasteiger charge is -2.20. The first kappa shape index (κ1) is 24.4. The molecule has 6 rings (SSSR count). The van der Waals surface area contributed by atoms with E-state index in [0.29, 0.717) is 39.3 Å². The molecule has 10 heteroatoms. The Kier molecular flexibility index (Phi) is 6.29. The van der Waals surface area contributed by atoms with Crippen LogP contribution in [0.5, 0.6) is 0 Å². The fourth-order valence-electron chi connectivity index (χ4n) is 4.60. The highest BCUT2D eigenvalue weighted by molar-refractivity contribution is 7.10. The Balaban J connectivity index is 1.47. The quantitative estimate of drug-likeness (QED) is 0.328. The van der Waals surface area contributed by atoms with Gasteiger partial charge in [-0.15, -0.1) is 11.3 Å². The van der Waals surface area contributed by atoms with Crippen molar-refractivity contribution in [3.8, 4) is 5.69 Å². The fraction of sp³-hybridized carbons (Fsp3) is 0.103. The predicted octanol–water partition coefficient (Wildman–Crippen LogP) is 4.85. The summed E-state index contributed by atoms with van der Waals surface area (Å²) in [5, 5.41) is 10.6. The van der Waals surface area contributed by atoms with Crippen molar-refractivity contribution in [2.24, 2.45) is 0 Å². The first-order valence-corrected chi connectivity index (χ1v) is 13.2. The molecule has 0 unspecified atom stereocenters. The average molecular weight is 534 g/mol. The number of carbonyl (C=O) groups excluding carboxylic acids is 1. The summed E-state index contributed by atoms with van der Waals surface area (Å²) in [7, 11) is 0. The number of benzene rings is 2. The van der Waals surface area contributed by atoms with Gasteiger partial charge >= 0.3 is 0 Å². The number of thiazole rings is 1. The van der Waals surface area contributed by atoms with E-state index >= 15 is 0 Å². The molecule has 2 aromatic carbocycles. The van der Waals surface area contributed by atoms with Gasteiger partial charge in [-0.1, -0.05) is 36.4 Å². The lowest BCUT2D eigenvalue weighted by atomic mass is 10.1. The summed E-state index contributed by atoms with van der Waals surface area (Å²) in [4.78, 5) is 41.1. The molecule has 4 heterocycles. The van der Waals surface area contributed by atoms with Gasteiger partial charge in [-0.2, -0.15) is 5.10 Å². The number of aromatic nitrogens is 6. The number of rotatable bonds is 6. The molecule has 0 saturated heterocycles. The second-order valence-corrected chi connectivity index (χ2v) is 9.86. The van der Waals surface area contributed by atoms with Crippen molar-refractivity contribution in [3.63, 3.8) is 0 Å². The van der Waals surface area contributed by atoms with E-state index in [4.69, 9.17) is 4.98 Å². The Morgan fingerprint density at radius 3 is 2.67 bits per heavy atom. The minimum atomic E-state index is -0.609. The largest absolute Gasteiger partial charge is 0.342 e. The number of para-hydroxylation sites is 1. The van der Waals surface area contributed by atoms with Crippen molar-refractivity contribution in [2.75, 3.05) is 0 Å². The minimum absolute atomic E-state index is 0.226. The Bertz CT molecular complexity index is 1910. The van der Waals surface area contributed by atoms with E-state index in [9.17, 15) is 9.59 Å². The smallest absolute Gasteiger partial charge is 0.266 e. The number of nitrogens with one attached hydrogen (secondary N) is 1. The van der Waals surface area contributed by atoms with Crippen LogP contribution in [0.4, 0.5) is 0 Å². The van der Waals surface area contributed by atoms with Gasteiger partial charge in [-0.05, 0) is 49.8 Å². The number of hydrogen-bond acceptors (Lipinski definition) is 7. The highest BCUT2D eigenvalue weighted by Gasteiger charge is 2.24. The summed E-state index contributed by atoms with van der Waals surface area (Å²) in [5.74, 6) is 0.0676. The Morgan fingerprint density at radius 2 is 1.87 bits per heavy atom. The van der Waals surface area contributed by atoms with E-state index in [1.54, 1.807) is 40.7 Å². The highest BCUT2D eigenvalue weighted by Crippen LogP contribution is 2.23. The van der Waals surface area contributed by atoms with Gasteiger partial charge in [0.2, 0.25) is 0 Å². The first-order valence-electron chi connectivity index (χ1n) is 12.3. The molecule has 4 aromatic heterocycles. The van der Waals surface area contributed by atoms with Gasteiger partial charge in [-0.25, -0.2) is 19.5 Å². The lowest BCUT2D eigenvalue weighted by Crippen LogP contribution is -2.33. The average Bonchev–Trinajstić information content (AvgIpc) is 3.59. The van der Waals surface area contributed by atoms with Crippen LogP contribution in [0, 0.1) is 6.92 Å². The lowest BCUT2D eigenvalue weighted by molar-refractivity contribution is 0.0938. The third-order valence-electron chi connectivity index (χ3n) is 6.36. The molecule has 0 spiro atoms. The Hall–Kier alpha value is -4.96. The number of nitrogens with zero attached hydrogens (tertiary/aromatic N) is 6. The van der Waals surface area contributed by atoms with Gasteiger partial charge in [0.1, 0.15) is 16.4 Å². The SMILES string of the molecule is Cc1nn2cccnc2c1C(=O)N[C@@H](C)c1nc2cccc(/C=C/c3nccs3)c2c(=O)n1-c1ccccc1. The van der Waals surface area contributed by atoms with Crippen LogP contribution in [0.1, 0.15) is 45.4 Å². The van der Waals surface area contributed by atoms with Gasteiger partial charge in [0.15, 0.2) is 5.65 Å². The van der Waals surface area contributed by atoms with Crippen molar-refractivity contribution in [2.45, 2.75) is 19.9 Å². The van der Waals surface area contributed by atoms with E-state index in [0.717, 1.165) is 10.6 Å². The van der Waals surface area contributed by atoms with Gasteiger partial charge in [-0.3, -0.25) is 14.2 Å². The second kappa shape index (κ2) is 10.1. The molecule has 0 saturated carbocycles. The van der Waals surface area contributed by atoms with Crippen LogP contribution < -0.4 is 10.9 Å². The molecule has 6 aromatic rings. The van der Waals surface area contributed by atoms with Crippen molar-refractivity contribution < 1.29 is 4.79 Å². The summed E-state index contributed by atoms with van der Waals surface area (Å²) in [6.07, 6.45) is 8.87. The van der Waals surface area contributed by atoms with Crippen molar-refractivity contribution in [3.05, 3.63) is 117 Å². The summed E-state index contributed by atoms with van der Waals surface area (Å²) in [6, 6.07) is 16.0. The second-order valence-electron chi connectivity index (χ2n) is 8.93. The molecule has 192 valence electrons. The first-order chi connectivity index (χ1) is 19.0. The molecule has 0 bridgehead atoms. The molecule has 1 atom stereocenters. The van der Waals surface area contributed by atoms with Crippen molar-refractivity contribution in [1.29, 1.82) is 0 Å². The van der Waals surface area contributed by atoms with Crippen LogP contribution in [-0.4, -0.2) is 35.0 Å². The standard InChI is InChI=1S/C29H23N7O2S/c1-18-24(27-31-14-7-16-35(27)34-18)28(37)32-19(2)26-33-22-11-6-8-20(12-13-23-30-15-17-39-23)25(22)29(38)36(26)21-9-4-3-5-10-21/h3-17,19H,1-2H3,(H,32,37)/b13-12+/t19-/m0/s1. The molecule has 0 radical (unpaired) electrons. The molecule has 0 aliphatic heterocycles. The molecule has 1 N–H and O–H groups in total. The summed E-state index contributed by atoms with van der Waals surface area (Å²) >= 11 is 1.52. The fourth-order valence-corrected chi connectivity index (χ4v) is 5.13. The molecule has 39 heavy (non-hydrogen) atoms. The van der Waals surface area contributed by atoms with Gasteiger partial charge in [0.05, 0.1) is 28.3 Å². The molecular weight excluding hydrogens is 510 g/mol. The number of carbonyl (C=O) groups is 1. The third-order valence-corrected chi connectivity index (χ3v) is 7.10. The van der Waals surface area contributed by atoms with Crippen LogP contribution in [0.15, 0.2) is 83.4 Å². The number of aryl methyl sites for hydroxylation is 1. The van der Waals surface area contributed by atoms with Gasteiger partial charge in [0, 0.05) is 24.0 Å². The zero-order valence-corrected chi connectivity index (χ0v) is 22.0. The topological polar surface area (TPSA) is 107 Å². The minimum Gasteiger partial charge on any atom is -0.342 e. The normalized spacial score (nSPS) is 12.4. The molecule has 0 fully saturated rings. The van der Waals surface area contributed by atoms with Gasteiger partial charge < -0.3 is 5.32 Å². The number of fused-ring (bicyclic) bond motifs is 2. The molecular formula is C29H23N7O2S. The van der Waals surface area contributed by atoms with Crippen molar-refractivity contribution >= 4 is 45.9 Å². The monoisotopic (exact) mass is 533 g/mol. The van der Waals surface area contributed by atoms with E-state index < -0.39 is 6.04 Å². The number of amides is 1. The molecule has 9 nitrogen and oxygen atoms in total. The Morgan fingerprint density at radius 1 is 1.03 bits per heavy atom. The molecule has 1 amide bonds. The van der Waals surface area contributed by atoms with Crippen LogP contribution in [-0.2, 0) is 0 Å². The zero-order chi connectivity index (χ0) is 26.9. The Labute approximate surface area is 227 Å². The van der Waals surface area contributed by atoms with E-state index in [-0.39, 0.29) is 11.5 Å². The maximum atomic E-state index is 14.1. The van der Waals surface area contributed by atoms with E-state index in [2.05, 4.69) is 20.4 Å². The van der Waals surface area contributed by atoms with Crippen molar-refractivity contribution in [1.82, 2.24) is 34.4 Å². The van der Waals surface area contributed by atoms with E-state index in [1.807, 2.05) is 73.0 Å². The molecule has 0 aliphatic rings. The zero-order valence-electron chi connectivity index (χ0n) is 21.1. The highest BCUT2D eigenvalue weighted by atomic mass is 32.1. The molecule has 0 aliphatic carbocycles. The number of hydrogen-bond donors (Lipinski definition) is 1. The van der Waals surface area contributed by atoms with E-state index in [1.165, 1.54) is 11.3 Å². The third kappa shape index (κ3) is 4.51. The van der Waals surface area contributed by atoms with Crippen LogP contribution in [0.25, 0.3) is 34.4 Å². The van der Waals surface area contributed by atoms with Crippen LogP contribution in [0.3, 0.4) is 0 Å². The summed E-state index contributed by atoms with van der Waals surface area (Å²) in [6.45, 7) is 3.58. The maximum absolute atomic E-state index is 14.1. The predicted molar refractivity (Wildman–Crippen MR) is 152 cm³/mol. The summed E-state index contributed by atoms with van der Waals surface area (Å²) < 4.78 is 3.14. The van der Waals surface area contributed by atoms with Crippen LogP contribution >= 0.6 is 11.3 Å². The van der Waals surface area contributed by atoms with Crippen LogP contribution in [0.2, 0.25) is 0 Å².